The molecule has 37 heavy (non-hydrogen) atoms. The van der Waals surface area contributed by atoms with Crippen LogP contribution >= 0.6 is 11.6 Å². The molecule has 3 aromatic carbocycles. The van der Waals surface area contributed by atoms with Crippen molar-refractivity contribution >= 4 is 55.2 Å². The zero-order valence-electron chi connectivity index (χ0n) is 17.9. The quantitative estimate of drug-likeness (QED) is 0.308. The fourth-order valence-corrected chi connectivity index (χ4v) is 6.97. The van der Waals surface area contributed by atoms with Crippen LogP contribution in [-0.2, 0) is 19.7 Å². The van der Waals surface area contributed by atoms with Crippen molar-refractivity contribution in [2.45, 2.75) is 19.6 Å². The van der Waals surface area contributed by atoms with Gasteiger partial charge in [-0.1, -0.05) is 23.7 Å². The van der Waals surface area contributed by atoms with Gasteiger partial charge in [0.2, 0.25) is 19.7 Å². The van der Waals surface area contributed by atoms with Crippen molar-refractivity contribution < 1.29 is 56.4 Å². The van der Waals surface area contributed by atoms with Crippen LogP contribution < -0.4 is 0 Å². The summed E-state index contributed by atoms with van der Waals surface area (Å²) in [5, 5.41) is 37.0. The number of carbonyl (C=O) groups is 4. The van der Waals surface area contributed by atoms with E-state index in [0.717, 1.165) is 48.5 Å². The van der Waals surface area contributed by atoms with Gasteiger partial charge in [0.25, 0.3) is 0 Å². The molecule has 192 valence electrons. The molecular formula is C22H13ClO12S2. The highest BCUT2D eigenvalue weighted by Crippen LogP contribution is 2.35. The lowest BCUT2D eigenvalue weighted by molar-refractivity contribution is 0.0648. The van der Waals surface area contributed by atoms with Gasteiger partial charge in [-0.15, -0.1) is 0 Å². The molecule has 0 fully saturated rings. The Morgan fingerprint density at radius 2 is 1.00 bits per heavy atom. The summed E-state index contributed by atoms with van der Waals surface area (Å²) in [6, 6.07) is 7.48. The number of carboxylic acid groups (broad SMARTS) is 4. The van der Waals surface area contributed by atoms with Crippen molar-refractivity contribution in [1.82, 2.24) is 0 Å². The Morgan fingerprint density at radius 3 is 1.41 bits per heavy atom. The van der Waals surface area contributed by atoms with E-state index in [4.69, 9.17) is 11.6 Å². The number of sulfone groups is 2. The van der Waals surface area contributed by atoms with E-state index in [1.165, 1.54) is 0 Å². The number of hydrogen-bond donors (Lipinski definition) is 4. The number of hydrogen-bond acceptors (Lipinski definition) is 8. The summed E-state index contributed by atoms with van der Waals surface area (Å²) in [5.41, 5.74) is -3.87. The Bertz CT molecular complexity index is 1720. The number of benzene rings is 3. The number of carboxylic acids is 4. The van der Waals surface area contributed by atoms with Crippen LogP contribution in [0, 0.1) is 0 Å². The third-order valence-electron chi connectivity index (χ3n) is 5.02. The zero-order chi connectivity index (χ0) is 27.9. The molecule has 15 heteroatoms. The Balaban J connectivity index is 2.33. The first-order chi connectivity index (χ1) is 17.1. The minimum atomic E-state index is -4.97. The van der Waals surface area contributed by atoms with Crippen LogP contribution in [0.4, 0.5) is 0 Å². The van der Waals surface area contributed by atoms with Crippen LogP contribution in [0.15, 0.2) is 74.2 Å². The zero-order valence-corrected chi connectivity index (χ0v) is 20.3. The minimum Gasteiger partial charge on any atom is -0.478 e. The highest BCUT2D eigenvalue weighted by Gasteiger charge is 2.33. The average molecular weight is 569 g/mol. The maximum absolute atomic E-state index is 13.4. The molecule has 0 radical (unpaired) electrons. The van der Waals surface area contributed by atoms with Gasteiger partial charge in [-0.25, -0.2) is 36.0 Å². The van der Waals surface area contributed by atoms with E-state index in [2.05, 4.69) is 0 Å². The average Bonchev–Trinajstić information content (AvgIpc) is 2.82. The third-order valence-corrected chi connectivity index (χ3v) is 9.09. The molecule has 3 rings (SSSR count). The van der Waals surface area contributed by atoms with Gasteiger partial charge in [-0.3, -0.25) is 0 Å². The summed E-state index contributed by atoms with van der Waals surface area (Å²) in [5.74, 6) is -7.24. The topological polar surface area (TPSA) is 217 Å². The lowest BCUT2D eigenvalue weighted by Crippen LogP contribution is -2.17. The molecule has 0 heterocycles. The van der Waals surface area contributed by atoms with Gasteiger partial charge in [0, 0.05) is 0 Å². The van der Waals surface area contributed by atoms with E-state index in [-0.39, 0.29) is 0 Å². The maximum atomic E-state index is 13.4. The first-order valence-corrected chi connectivity index (χ1v) is 13.0. The van der Waals surface area contributed by atoms with Crippen LogP contribution in [-0.4, -0.2) is 61.1 Å². The van der Waals surface area contributed by atoms with Crippen molar-refractivity contribution in [2.24, 2.45) is 0 Å². The van der Waals surface area contributed by atoms with Crippen LogP contribution in [0.3, 0.4) is 0 Å². The first kappa shape index (κ1) is 27.3. The lowest BCUT2D eigenvalue weighted by atomic mass is 10.1. The molecule has 0 saturated carbocycles. The summed E-state index contributed by atoms with van der Waals surface area (Å²) in [6.07, 6.45) is 0. The molecule has 0 bridgehead atoms. The van der Waals surface area contributed by atoms with E-state index in [1.807, 2.05) is 0 Å². The second-order valence-corrected chi connectivity index (χ2v) is 11.4. The second-order valence-electron chi connectivity index (χ2n) is 7.18. The van der Waals surface area contributed by atoms with Crippen LogP contribution in [0.5, 0.6) is 0 Å². The smallest absolute Gasteiger partial charge is 0.337 e. The molecule has 0 saturated heterocycles. The Hall–Kier alpha value is -4.27. The molecule has 12 nitrogen and oxygen atoms in total. The molecule has 0 aliphatic heterocycles. The molecule has 0 atom stereocenters. The highest BCUT2D eigenvalue weighted by atomic mass is 35.5. The van der Waals surface area contributed by atoms with Gasteiger partial charge in [0.05, 0.1) is 46.9 Å². The van der Waals surface area contributed by atoms with Crippen molar-refractivity contribution in [3.63, 3.8) is 0 Å². The molecule has 0 amide bonds. The second kappa shape index (κ2) is 9.65. The predicted molar refractivity (Wildman–Crippen MR) is 123 cm³/mol. The lowest BCUT2D eigenvalue weighted by Gasteiger charge is -2.14. The number of aromatic carboxylic acids is 4. The Morgan fingerprint density at radius 1 is 0.568 bits per heavy atom. The first-order valence-electron chi connectivity index (χ1n) is 9.61. The molecule has 0 unspecified atom stereocenters. The minimum absolute atomic E-state index is 0.533. The van der Waals surface area contributed by atoms with Gasteiger partial charge in [-0.2, -0.15) is 0 Å². The van der Waals surface area contributed by atoms with Gasteiger partial charge >= 0.3 is 23.9 Å². The highest BCUT2D eigenvalue weighted by molar-refractivity contribution is 7.92. The maximum Gasteiger partial charge on any atom is 0.337 e. The van der Waals surface area contributed by atoms with E-state index in [1.54, 1.807) is 0 Å². The third kappa shape index (κ3) is 4.76. The van der Waals surface area contributed by atoms with E-state index >= 15 is 0 Å². The van der Waals surface area contributed by atoms with E-state index in [9.17, 15) is 56.4 Å². The van der Waals surface area contributed by atoms with Crippen LogP contribution in [0.1, 0.15) is 41.4 Å². The summed E-state index contributed by atoms with van der Waals surface area (Å²) in [4.78, 5) is 42.7. The van der Waals surface area contributed by atoms with Gasteiger partial charge in [0.15, 0.2) is 0 Å². The normalized spacial score (nSPS) is 11.6. The Kier molecular flexibility index (Phi) is 7.12. The molecule has 0 spiro atoms. The Labute approximate surface area is 212 Å². The fourth-order valence-electron chi connectivity index (χ4n) is 3.41. The molecular weight excluding hydrogens is 556 g/mol. The van der Waals surface area contributed by atoms with E-state index in [0.29, 0.717) is 6.07 Å². The summed E-state index contributed by atoms with van der Waals surface area (Å²) < 4.78 is 53.4. The standard InChI is InChI=1S/C22H13ClO12S2/c23-13-8-7-10(36(32,33)14-5-1-3-11(19(24)25)17(14)21(28)29)9-16(13)37(34,35)15-6-2-4-12(20(26)27)18(15)22(30)31/h1-9H,(H,24,25)(H,26,27)(H,28,29)(H,30,31). The molecule has 0 aromatic heterocycles. The van der Waals surface area contributed by atoms with Crippen LogP contribution in [0.25, 0.3) is 0 Å². The molecule has 0 aliphatic carbocycles. The van der Waals surface area contributed by atoms with Crippen LogP contribution in [0.2, 0.25) is 5.02 Å². The molecule has 4 N–H and O–H groups in total. The number of rotatable bonds is 8. The van der Waals surface area contributed by atoms with Crippen molar-refractivity contribution in [2.75, 3.05) is 0 Å². The summed E-state index contributed by atoms with van der Waals surface area (Å²) in [6.45, 7) is 0. The monoisotopic (exact) mass is 568 g/mol. The largest absolute Gasteiger partial charge is 0.478 e. The van der Waals surface area contributed by atoms with Gasteiger partial charge in [-0.05, 0) is 42.5 Å². The summed E-state index contributed by atoms with van der Waals surface area (Å²) in [7, 11) is -9.84. The van der Waals surface area contributed by atoms with Crippen molar-refractivity contribution in [3.05, 3.63) is 81.9 Å². The van der Waals surface area contributed by atoms with Gasteiger partial charge in [0.1, 0.15) is 0 Å². The van der Waals surface area contributed by atoms with Crippen molar-refractivity contribution in [1.29, 1.82) is 0 Å². The summed E-state index contributed by atoms with van der Waals surface area (Å²) >= 11 is 6.00. The fraction of sp³-hybridized carbons (Fsp3) is 0. The van der Waals surface area contributed by atoms with E-state index < -0.39 is 90.4 Å². The van der Waals surface area contributed by atoms with Crippen molar-refractivity contribution in [3.8, 4) is 0 Å². The predicted octanol–water partition coefficient (Wildman–Crippen LogP) is 2.80. The van der Waals surface area contributed by atoms with Gasteiger partial charge < -0.3 is 20.4 Å². The number of halogens is 1. The molecule has 3 aromatic rings. The molecule has 0 aliphatic rings. The SMILES string of the molecule is O=C(O)c1cccc(S(=O)(=O)c2ccc(Cl)c(S(=O)(=O)c3cccc(C(=O)O)c3C(=O)O)c2)c1C(=O)O.